The summed E-state index contributed by atoms with van der Waals surface area (Å²) in [4.78, 5) is 16.5. The molecule has 0 saturated heterocycles. The molecule has 0 aliphatic carbocycles. The molecule has 0 N–H and O–H groups in total. The van der Waals surface area contributed by atoms with Crippen LogP contribution in [0.4, 0.5) is 4.39 Å². The monoisotopic (exact) mass is 366 g/mol. The maximum atomic E-state index is 13.6. The average molecular weight is 367 g/mol. The Kier molecular flexibility index (Phi) is 4.64. The zero-order chi connectivity index (χ0) is 17.3. The highest BCUT2D eigenvalue weighted by atomic mass is 35.5. The molecule has 0 aliphatic heterocycles. The summed E-state index contributed by atoms with van der Waals surface area (Å²) in [6, 6.07) is 7.84. The molecule has 1 aromatic carbocycles. The minimum atomic E-state index is -0.741. The number of thiophene rings is 1. The third-order valence-corrected chi connectivity index (χ3v) is 4.49. The molecule has 0 spiro atoms. The quantitative estimate of drug-likeness (QED) is 0.619. The third-order valence-electron chi connectivity index (χ3n) is 3.28. The number of rotatable bonds is 4. The molecule has 124 valence electrons. The SMILES string of the molecule is Cc1ccc(-c2noc(C(C)OC(=O)c3ccc(Cl)s3)n2)cc1F. The summed E-state index contributed by atoms with van der Waals surface area (Å²) in [5.74, 6) is -0.526. The van der Waals surface area contributed by atoms with Crippen LogP contribution in [0.3, 0.4) is 0 Å². The molecule has 2 heterocycles. The zero-order valence-corrected chi connectivity index (χ0v) is 14.3. The summed E-state index contributed by atoms with van der Waals surface area (Å²) in [6.07, 6.45) is -0.741. The summed E-state index contributed by atoms with van der Waals surface area (Å²) in [5, 5.41) is 3.80. The van der Waals surface area contributed by atoms with Crippen molar-refractivity contribution in [3.63, 3.8) is 0 Å². The third kappa shape index (κ3) is 3.47. The second-order valence-electron chi connectivity index (χ2n) is 5.07. The first kappa shape index (κ1) is 16.6. The van der Waals surface area contributed by atoms with Gasteiger partial charge in [0.2, 0.25) is 5.82 Å². The second-order valence-corrected chi connectivity index (χ2v) is 6.79. The first-order chi connectivity index (χ1) is 11.4. The molecular formula is C16H12ClFN2O3S. The van der Waals surface area contributed by atoms with Crippen molar-refractivity contribution in [2.75, 3.05) is 0 Å². The minimum absolute atomic E-state index is 0.127. The molecule has 2 aromatic heterocycles. The van der Waals surface area contributed by atoms with Crippen LogP contribution in [0.1, 0.15) is 34.2 Å². The van der Waals surface area contributed by atoms with E-state index in [9.17, 15) is 9.18 Å². The van der Waals surface area contributed by atoms with Gasteiger partial charge >= 0.3 is 5.97 Å². The van der Waals surface area contributed by atoms with Gasteiger partial charge in [-0.05, 0) is 37.6 Å². The van der Waals surface area contributed by atoms with Crippen LogP contribution in [0.25, 0.3) is 11.4 Å². The van der Waals surface area contributed by atoms with Crippen molar-refractivity contribution in [2.24, 2.45) is 0 Å². The summed E-state index contributed by atoms with van der Waals surface area (Å²) >= 11 is 6.91. The van der Waals surface area contributed by atoms with E-state index in [-0.39, 0.29) is 17.5 Å². The van der Waals surface area contributed by atoms with E-state index >= 15 is 0 Å². The lowest BCUT2D eigenvalue weighted by Gasteiger charge is -2.07. The standard InChI is InChI=1S/C16H12ClFN2O3S/c1-8-3-4-10(7-11(8)18)14-19-15(23-20-14)9(2)22-16(21)12-5-6-13(17)24-12/h3-7,9H,1-2H3. The highest BCUT2D eigenvalue weighted by Crippen LogP contribution is 2.26. The first-order valence-corrected chi connectivity index (χ1v) is 8.20. The van der Waals surface area contributed by atoms with Crippen LogP contribution in [-0.2, 0) is 4.74 Å². The number of nitrogens with zero attached hydrogens (tertiary/aromatic N) is 2. The number of hydrogen-bond donors (Lipinski definition) is 0. The van der Waals surface area contributed by atoms with Crippen molar-refractivity contribution >= 4 is 28.9 Å². The Hall–Kier alpha value is -2.25. The number of carbonyl (C=O) groups is 1. The van der Waals surface area contributed by atoms with Gasteiger partial charge in [0.15, 0.2) is 6.10 Å². The van der Waals surface area contributed by atoms with E-state index in [1.807, 2.05) is 0 Å². The summed E-state index contributed by atoms with van der Waals surface area (Å²) < 4.78 is 24.5. The fourth-order valence-corrected chi connectivity index (χ4v) is 2.87. The number of benzene rings is 1. The van der Waals surface area contributed by atoms with E-state index < -0.39 is 12.1 Å². The van der Waals surface area contributed by atoms with Crippen molar-refractivity contribution in [2.45, 2.75) is 20.0 Å². The fourth-order valence-electron chi connectivity index (χ4n) is 1.94. The van der Waals surface area contributed by atoms with E-state index in [0.29, 0.717) is 20.3 Å². The fraction of sp³-hybridized carbons (Fsp3) is 0.188. The van der Waals surface area contributed by atoms with Crippen LogP contribution >= 0.6 is 22.9 Å². The number of ether oxygens (including phenoxy) is 1. The van der Waals surface area contributed by atoms with Gasteiger partial charge in [-0.1, -0.05) is 28.9 Å². The molecule has 1 atom stereocenters. The van der Waals surface area contributed by atoms with Gasteiger partial charge in [0.05, 0.1) is 4.34 Å². The molecule has 5 nitrogen and oxygen atoms in total. The Balaban J connectivity index is 1.74. The topological polar surface area (TPSA) is 65.2 Å². The molecule has 3 aromatic rings. The molecule has 0 radical (unpaired) electrons. The predicted molar refractivity (Wildman–Crippen MR) is 87.6 cm³/mol. The number of esters is 1. The average Bonchev–Trinajstić information content (AvgIpc) is 3.19. The van der Waals surface area contributed by atoms with Gasteiger partial charge in [0, 0.05) is 5.56 Å². The van der Waals surface area contributed by atoms with Crippen LogP contribution in [0, 0.1) is 12.7 Å². The van der Waals surface area contributed by atoms with E-state index in [0.717, 1.165) is 11.3 Å². The predicted octanol–water partition coefficient (Wildman–Crippen LogP) is 4.82. The second kappa shape index (κ2) is 6.70. The number of hydrogen-bond acceptors (Lipinski definition) is 6. The number of aryl methyl sites for hydroxylation is 1. The van der Waals surface area contributed by atoms with Gasteiger partial charge in [-0.3, -0.25) is 0 Å². The van der Waals surface area contributed by atoms with Crippen LogP contribution in [0.2, 0.25) is 4.34 Å². The molecule has 0 amide bonds. The molecule has 0 aliphatic rings. The van der Waals surface area contributed by atoms with Gasteiger partial charge in [0.1, 0.15) is 10.7 Å². The molecule has 1 unspecified atom stereocenters. The number of carbonyl (C=O) groups excluding carboxylic acids is 1. The molecular weight excluding hydrogens is 355 g/mol. The lowest BCUT2D eigenvalue weighted by atomic mass is 10.1. The summed E-state index contributed by atoms with van der Waals surface area (Å²) in [7, 11) is 0. The minimum Gasteiger partial charge on any atom is -0.448 e. The van der Waals surface area contributed by atoms with Crippen LogP contribution < -0.4 is 0 Å². The smallest absolute Gasteiger partial charge is 0.349 e. The molecule has 0 saturated carbocycles. The van der Waals surface area contributed by atoms with Crippen LogP contribution in [0.5, 0.6) is 0 Å². The lowest BCUT2D eigenvalue weighted by molar-refractivity contribution is 0.0271. The first-order valence-electron chi connectivity index (χ1n) is 7.00. The van der Waals surface area contributed by atoms with Gasteiger partial charge < -0.3 is 9.26 Å². The highest BCUT2D eigenvalue weighted by molar-refractivity contribution is 7.17. The zero-order valence-electron chi connectivity index (χ0n) is 12.7. The Morgan fingerprint density at radius 1 is 1.38 bits per heavy atom. The Labute approximate surface area is 146 Å². The van der Waals surface area contributed by atoms with Gasteiger partial charge in [-0.15, -0.1) is 11.3 Å². The van der Waals surface area contributed by atoms with Crippen molar-refractivity contribution in [1.82, 2.24) is 10.1 Å². The van der Waals surface area contributed by atoms with E-state index in [1.165, 1.54) is 6.07 Å². The Morgan fingerprint density at radius 3 is 2.83 bits per heavy atom. The summed E-state index contributed by atoms with van der Waals surface area (Å²) in [5.41, 5.74) is 1.01. The van der Waals surface area contributed by atoms with Crippen molar-refractivity contribution in [3.05, 3.63) is 56.8 Å². The van der Waals surface area contributed by atoms with Crippen LogP contribution in [0.15, 0.2) is 34.9 Å². The normalized spacial score (nSPS) is 12.2. The lowest BCUT2D eigenvalue weighted by Crippen LogP contribution is -2.08. The van der Waals surface area contributed by atoms with Crippen molar-refractivity contribution in [1.29, 1.82) is 0 Å². The molecule has 0 fully saturated rings. The van der Waals surface area contributed by atoms with Gasteiger partial charge in [-0.2, -0.15) is 4.98 Å². The highest BCUT2D eigenvalue weighted by Gasteiger charge is 2.21. The molecule has 0 bridgehead atoms. The van der Waals surface area contributed by atoms with Crippen molar-refractivity contribution < 1.29 is 18.4 Å². The van der Waals surface area contributed by atoms with E-state index in [2.05, 4.69) is 10.1 Å². The Morgan fingerprint density at radius 2 is 2.17 bits per heavy atom. The number of aromatic nitrogens is 2. The molecule has 24 heavy (non-hydrogen) atoms. The van der Waals surface area contributed by atoms with Gasteiger partial charge in [-0.25, -0.2) is 9.18 Å². The van der Waals surface area contributed by atoms with Crippen LogP contribution in [-0.4, -0.2) is 16.1 Å². The molecule has 8 heteroatoms. The van der Waals surface area contributed by atoms with E-state index in [1.54, 1.807) is 38.1 Å². The van der Waals surface area contributed by atoms with E-state index in [4.69, 9.17) is 20.9 Å². The number of halogens is 2. The largest absolute Gasteiger partial charge is 0.448 e. The molecule has 3 rings (SSSR count). The maximum absolute atomic E-state index is 13.6. The van der Waals surface area contributed by atoms with Crippen molar-refractivity contribution in [3.8, 4) is 11.4 Å². The summed E-state index contributed by atoms with van der Waals surface area (Å²) in [6.45, 7) is 3.28. The maximum Gasteiger partial charge on any atom is 0.349 e. The van der Waals surface area contributed by atoms with Gasteiger partial charge in [0.25, 0.3) is 5.89 Å². The Bertz CT molecular complexity index is 893.